The van der Waals surface area contributed by atoms with E-state index in [1.54, 1.807) is 19.4 Å². The standard InChI is InChI=1S/C23H27N7O/c1-4-25-12-11-20(24)27-23-26-14-16-9-10-17-21(22(16)28-23)18(30(2)29-17)13-15-7-5-6-8-19(15)31-3/h5-8,11-12,14,25H,4,9-10,13H2,1-3H3,(H2,24,26,27,28)/b12-11-. The van der Waals surface area contributed by atoms with Crippen LogP contribution < -0.4 is 15.4 Å². The Hall–Kier alpha value is -3.68. The average molecular weight is 418 g/mol. The van der Waals surface area contributed by atoms with Crippen LogP contribution in [0, 0.1) is 5.41 Å². The molecule has 0 amide bonds. The molecular weight excluding hydrogens is 390 g/mol. The second-order valence-electron chi connectivity index (χ2n) is 7.38. The molecule has 0 aliphatic heterocycles. The molecule has 0 radical (unpaired) electrons. The van der Waals surface area contributed by atoms with Crippen LogP contribution in [0.1, 0.15) is 29.4 Å². The number of methoxy groups -OCH3 is 1. The SMILES string of the molecule is CCN/C=C\C(=N)Nc1ncc2c(n1)-c1c(nn(C)c1Cc1ccccc1OC)CC2. The molecule has 3 N–H and O–H groups in total. The van der Waals surface area contributed by atoms with Crippen LogP contribution in [-0.4, -0.2) is 39.2 Å². The van der Waals surface area contributed by atoms with Gasteiger partial charge >= 0.3 is 0 Å². The number of hydrogen-bond acceptors (Lipinski definition) is 6. The van der Waals surface area contributed by atoms with E-state index in [1.165, 1.54) is 0 Å². The van der Waals surface area contributed by atoms with Gasteiger partial charge in [-0.05, 0) is 37.5 Å². The summed E-state index contributed by atoms with van der Waals surface area (Å²) in [7, 11) is 3.67. The normalized spacial score (nSPS) is 12.4. The summed E-state index contributed by atoms with van der Waals surface area (Å²) in [5, 5.41) is 18.9. The van der Waals surface area contributed by atoms with Crippen LogP contribution >= 0.6 is 0 Å². The molecule has 4 rings (SSSR count). The molecule has 0 spiro atoms. The quantitative estimate of drug-likeness (QED) is 0.403. The monoisotopic (exact) mass is 417 g/mol. The predicted octanol–water partition coefficient (Wildman–Crippen LogP) is 3.09. The Kier molecular flexibility index (Phi) is 5.97. The summed E-state index contributed by atoms with van der Waals surface area (Å²) in [6, 6.07) is 8.04. The molecule has 0 bridgehead atoms. The number of para-hydroxylation sites is 1. The molecule has 2 aromatic heterocycles. The Morgan fingerprint density at radius 2 is 2.13 bits per heavy atom. The van der Waals surface area contributed by atoms with Crippen LogP contribution in [0.25, 0.3) is 11.3 Å². The maximum absolute atomic E-state index is 8.08. The van der Waals surface area contributed by atoms with Crippen LogP contribution in [0.2, 0.25) is 0 Å². The molecule has 8 heteroatoms. The molecule has 2 heterocycles. The van der Waals surface area contributed by atoms with Gasteiger partial charge in [-0.15, -0.1) is 0 Å². The number of benzene rings is 1. The molecule has 0 saturated heterocycles. The Bertz CT molecular complexity index is 1130. The zero-order valence-corrected chi connectivity index (χ0v) is 18.1. The van der Waals surface area contributed by atoms with Crippen molar-refractivity contribution >= 4 is 11.8 Å². The Morgan fingerprint density at radius 1 is 1.29 bits per heavy atom. The molecule has 31 heavy (non-hydrogen) atoms. The van der Waals surface area contributed by atoms with E-state index in [-0.39, 0.29) is 5.84 Å². The number of aryl methyl sites for hydroxylation is 3. The summed E-state index contributed by atoms with van der Waals surface area (Å²) in [6.07, 6.45) is 7.64. The fourth-order valence-corrected chi connectivity index (χ4v) is 3.84. The second-order valence-corrected chi connectivity index (χ2v) is 7.38. The van der Waals surface area contributed by atoms with Crippen molar-refractivity contribution in [2.45, 2.75) is 26.2 Å². The smallest absolute Gasteiger partial charge is 0.228 e. The third-order valence-corrected chi connectivity index (χ3v) is 5.34. The van der Waals surface area contributed by atoms with E-state index in [4.69, 9.17) is 20.2 Å². The molecule has 3 aromatic rings. The van der Waals surface area contributed by atoms with Gasteiger partial charge in [-0.1, -0.05) is 18.2 Å². The zero-order chi connectivity index (χ0) is 21.8. The highest BCUT2D eigenvalue weighted by Crippen LogP contribution is 2.36. The number of aromatic nitrogens is 4. The Morgan fingerprint density at radius 3 is 2.94 bits per heavy atom. The van der Waals surface area contributed by atoms with E-state index in [9.17, 15) is 0 Å². The Balaban J connectivity index is 1.69. The molecule has 1 aliphatic carbocycles. The summed E-state index contributed by atoms with van der Waals surface area (Å²) in [5.41, 5.74) is 6.29. The lowest BCUT2D eigenvalue weighted by molar-refractivity contribution is 0.410. The maximum atomic E-state index is 8.08. The minimum absolute atomic E-state index is 0.220. The van der Waals surface area contributed by atoms with Crippen molar-refractivity contribution < 1.29 is 4.74 Å². The topological polar surface area (TPSA) is 101 Å². The number of rotatable bonds is 7. The van der Waals surface area contributed by atoms with Crippen molar-refractivity contribution in [3.8, 4) is 17.0 Å². The van der Waals surface area contributed by atoms with Crippen LogP contribution in [0.3, 0.4) is 0 Å². The average Bonchev–Trinajstić information content (AvgIpc) is 3.09. The van der Waals surface area contributed by atoms with Gasteiger partial charge in [0.15, 0.2) is 0 Å². The Labute approximate surface area is 181 Å². The maximum Gasteiger partial charge on any atom is 0.228 e. The van der Waals surface area contributed by atoms with Crippen LogP contribution in [-0.2, 0) is 26.3 Å². The lowest BCUT2D eigenvalue weighted by atomic mass is 9.91. The number of fused-ring (bicyclic) bond motifs is 3. The molecule has 0 fully saturated rings. The number of hydrogen-bond donors (Lipinski definition) is 3. The van der Waals surface area contributed by atoms with Crippen LogP contribution in [0.4, 0.5) is 5.95 Å². The van der Waals surface area contributed by atoms with E-state index in [2.05, 4.69) is 21.7 Å². The zero-order valence-electron chi connectivity index (χ0n) is 18.1. The molecule has 0 atom stereocenters. The third-order valence-electron chi connectivity index (χ3n) is 5.34. The molecule has 0 saturated carbocycles. The summed E-state index contributed by atoms with van der Waals surface area (Å²) < 4.78 is 7.50. The molecule has 1 aliphatic rings. The predicted molar refractivity (Wildman–Crippen MR) is 122 cm³/mol. The number of ether oxygens (including phenoxy) is 1. The van der Waals surface area contributed by atoms with E-state index >= 15 is 0 Å². The first kappa shape index (κ1) is 20.6. The van der Waals surface area contributed by atoms with Gasteiger partial charge in [0.05, 0.1) is 24.2 Å². The minimum Gasteiger partial charge on any atom is -0.496 e. The van der Waals surface area contributed by atoms with Gasteiger partial charge in [-0.3, -0.25) is 10.1 Å². The molecular formula is C23H27N7O. The van der Waals surface area contributed by atoms with Gasteiger partial charge in [-0.25, -0.2) is 9.97 Å². The fraction of sp³-hybridized carbons (Fsp3) is 0.304. The van der Waals surface area contributed by atoms with Crippen molar-refractivity contribution in [1.29, 1.82) is 5.41 Å². The summed E-state index contributed by atoms with van der Waals surface area (Å²) >= 11 is 0. The van der Waals surface area contributed by atoms with Gasteiger partial charge < -0.3 is 15.4 Å². The van der Waals surface area contributed by atoms with Crippen LogP contribution in [0.15, 0.2) is 42.7 Å². The van der Waals surface area contributed by atoms with Crippen molar-refractivity contribution in [2.75, 3.05) is 19.0 Å². The third kappa shape index (κ3) is 4.28. The fourth-order valence-electron chi connectivity index (χ4n) is 3.84. The van der Waals surface area contributed by atoms with E-state index in [0.717, 1.165) is 58.9 Å². The highest BCUT2D eigenvalue weighted by atomic mass is 16.5. The molecule has 160 valence electrons. The van der Waals surface area contributed by atoms with Crippen molar-refractivity contribution in [3.05, 3.63) is 65.3 Å². The largest absolute Gasteiger partial charge is 0.496 e. The van der Waals surface area contributed by atoms with E-state index in [0.29, 0.717) is 12.4 Å². The molecule has 0 unspecified atom stereocenters. The van der Waals surface area contributed by atoms with Gasteiger partial charge in [0.1, 0.15) is 11.6 Å². The molecule has 1 aromatic carbocycles. The summed E-state index contributed by atoms with van der Waals surface area (Å²) in [6.45, 7) is 2.81. The lowest BCUT2D eigenvalue weighted by Crippen LogP contribution is -2.14. The highest BCUT2D eigenvalue weighted by Gasteiger charge is 2.26. The number of nitrogens with one attached hydrogen (secondary N) is 3. The first-order valence-corrected chi connectivity index (χ1v) is 10.4. The van der Waals surface area contributed by atoms with E-state index in [1.807, 2.05) is 43.0 Å². The van der Waals surface area contributed by atoms with Gasteiger partial charge in [0, 0.05) is 43.5 Å². The first-order valence-electron chi connectivity index (χ1n) is 10.4. The van der Waals surface area contributed by atoms with Gasteiger partial charge in [-0.2, -0.15) is 5.10 Å². The second kappa shape index (κ2) is 8.99. The number of anilines is 1. The minimum atomic E-state index is 0.220. The van der Waals surface area contributed by atoms with Crippen molar-refractivity contribution in [3.63, 3.8) is 0 Å². The number of amidine groups is 1. The number of nitrogens with zero attached hydrogens (tertiary/aromatic N) is 4. The van der Waals surface area contributed by atoms with Crippen molar-refractivity contribution in [1.82, 2.24) is 25.1 Å². The summed E-state index contributed by atoms with van der Waals surface area (Å²) in [4.78, 5) is 9.20. The van der Waals surface area contributed by atoms with Gasteiger partial charge in [0.25, 0.3) is 0 Å². The highest BCUT2D eigenvalue weighted by molar-refractivity contribution is 6.00. The van der Waals surface area contributed by atoms with Gasteiger partial charge in [0.2, 0.25) is 5.95 Å². The lowest BCUT2D eigenvalue weighted by Gasteiger charge is -2.17. The van der Waals surface area contributed by atoms with E-state index < -0.39 is 0 Å². The van der Waals surface area contributed by atoms with Crippen LogP contribution in [0.5, 0.6) is 5.75 Å². The summed E-state index contributed by atoms with van der Waals surface area (Å²) in [5.74, 6) is 1.49. The first-order chi connectivity index (χ1) is 15.1. The molecule has 8 nitrogen and oxygen atoms in total. The van der Waals surface area contributed by atoms with Crippen molar-refractivity contribution in [2.24, 2.45) is 7.05 Å².